The van der Waals surface area contributed by atoms with Gasteiger partial charge in [0, 0.05) is 6.42 Å². The zero-order valence-electron chi connectivity index (χ0n) is 4.32. The summed E-state index contributed by atoms with van der Waals surface area (Å²) in [6.07, 6.45) is 0.222. The van der Waals surface area contributed by atoms with Crippen LogP contribution in [0, 0.1) is 0 Å². The molecule has 0 aliphatic carbocycles. The molecule has 0 fully saturated rings. The van der Waals surface area contributed by atoms with E-state index >= 15 is 0 Å². The van der Waals surface area contributed by atoms with Gasteiger partial charge in [0.2, 0.25) is 0 Å². The summed E-state index contributed by atoms with van der Waals surface area (Å²) in [5, 5.41) is 7.72. The molecule has 0 aromatic carbocycles. The zero-order chi connectivity index (χ0) is 6.99. The van der Waals surface area contributed by atoms with Crippen LogP contribution in [0.4, 0.5) is 0 Å². The monoisotopic (exact) mass is 264 g/mol. The third-order valence-corrected chi connectivity index (χ3v) is 0.302. The van der Waals surface area contributed by atoms with Gasteiger partial charge in [0.05, 0.1) is 0 Å². The normalized spacial score (nSPS) is 6.88. The van der Waals surface area contributed by atoms with Crippen LogP contribution in [0.25, 0.3) is 0 Å². The first-order chi connectivity index (χ1) is 3.68. The third kappa shape index (κ3) is 28.9. The van der Waals surface area contributed by atoms with E-state index in [0.717, 1.165) is 0 Å². The fourth-order valence-corrected chi connectivity index (χ4v) is 0. The first-order valence-electron chi connectivity index (χ1n) is 1.87. The Bertz CT molecular complexity index is 59.2. The van der Waals surface area contributed by atoms with E-state index in [1.54, 1.807) is 6.92 Å². The summed E-state index contributed by atoms with van der Waals surface area (Å²) in [6, 6.07) is 0. The fourth-order valence-electron chi connectivity index (χ4n) is 0. The fraction of sp³-hybridized carbons (Fsp3) is 0.667. The van der Waals surface area contributed by atoms with Crippen LogP contribution < -0.4 is 0 Å². The van der Waals surface area contributed by atoms with E-state index in [1.807, 2.05) is 0 Å². The second kappa shape index (κ2) is 10.8. The van der Waals surface area contributed by atoms with Crippen molar-refractivity contribution in [3.05, 3.63) is 0 Å². The van der Waals surface area contributed by atoms with Gasteiger partial charge in [-0.05, 0) is 0 Å². The van der Waals surface area contributed by atoms with E-state index in [0.29, 0.717) is 0 Å². The van der Waals surface area contributed by atoms with Crippen molar-refractivity contribution in [3.8, 4) is 0 Å². The summed E-state index contributed by atoms with van der Waals surface area (Å²) in [5.74, 6) is -0.745. The van der Waals surface area contributed by atoms with E-state index in [4.69, 9.17) is 22.9 Å². The molecule has 0 aliphatic rings. The quantitative estimate of drug-likeness (QED) is 0.728. The number of hydrogen-bond donors (Lipinski definition) is 1. The molecule has 0 aliphatic heterocycles. The molecule has 0 bridgehead atoms. The van der Waals surface area contributed by atoms with Gasteiger partial charge < -0.3 is 5.11 Å². The Morgan fingerprint density at radius 1 is 1.75 bits per heavy atom. The van der Waals surface area contributed by atoms with Crippen LogP contribution in [0.5, 0.6) is 0 Å². The summed E-state index contributed by atoms with van der Waals surface area (Å²) in [5.41, 5.74) is 0. The molecule has 1 N–H and O–H groups in total. The predicted molar refractivity (Wildman–Crippen MR) is 35.4 cm³/mol. The van der Waals surface area contributed by atoms with Gasteiger partial charge in [0.1, 0.15) is 0 Å². The van der Waals surface area contributed by atoms with Crippen molar-refractivity contribution in [2.45, 2.75) is 13.3 Å². The van der Waals surface area contributed by atoms with Crippen LogP contribution in [0.1, 0.15) is 13.3 Å². The number of hydrogen-bond acceptors (Lipinski definition) is 1. The van der Waals surface area contributed by atoms with Gasteiger partial charge in [-0.1, -0.05) is 6.92 Å². The molecule has 5 heteroatoms. The second-order valence-electron chi connectivity index (χ2n) is 0.819. The predicted octanol–water partition coefficient (Wildman–Crippen LogP) is 1.48. The van der Waals surface area contributed by atoms with Gasteiger partial charge in [-0.2, -0.15) is 0 Å². The van der Waals surface area contributed by atoms with Gasteiger partial charge in [-0.25, -0.2) is 0 Å². The topological polar surface area (TPSA) is 37.3 Å². The van der Waals surface area contributed by atoms with Crippen LogP contribution in [0.15, 0.2) is 0 Å². The third-order valence-electron chi connectivity index (χ3n) is 0.302. The van der Waals surface area contributed by atoms with Crippen molar-refractivity contribution >= 4 is 42.7 Å². The molecule has 0 saturated carbocycles. The minimum absolute atomic E-state index is 0.222. The van der Waals surface area contributed by atoms with Crippen molar-refractivity contribution in [1.82, 2.24) is 0 Å². The van der Waals surface area contributed by atoms with E-state index in [2.05, 4.69) is 0 Å². The van der Waals surface area contributed by atoms with Crippen LogP contribution in [0.3, 0.4) is 0 Å². The summed E-state index contributed by atoms with van der Waals surface area (Å²) in [7, 11) is 9.87. The Kier molecular flexibility index (Phi) is 15.6. The van der Waals surface area contributed by atoms with Gasteiger partial charge in [0.25, 0.3) is 0 Å². The molecule has 0 rings (SSSR count). The van der Waals surface area contributed by atoms with E-state index < -0.39 is 24.9 Å². The number of halogens is 2. The van der Waals surface area contributed by atoms with Gasteiger partial charge in [-0.3, -0.25) is 4.79 Å². The molecule has 0 aromatic heterocycles. The molecular formula is C3H6Cl2O2Sn. The molecule has 0 amide bonds. The molecule has 8 heavy (non-hydrogen) atoms. The van der Waals surface area contributed by atoms with Crippen molar-refractivity contribution in [2.75, 3.05) is 0 Å². The van der Waals surface area contributed by atoms with Gasteiger partial charge in [-0.15, -0.1) is 0 Å². The van der Waals surface area contributed by atoms with Crippen LogP contribution in [-0.4, -0.2) is 30.0 Å². The summed E-state index contributed by atoms with van der Waals surface area (Å²) >= 11 is -0.826. The van der Waals surface area contributed by atoms with E-state index in [-0.39, 0.29) is 6.42 Å². The Morgan fingerprint density at radius 3 is 1.88 bits per heavy atom. The molecule has 0 spiro atoms. The number of rotatable bonds is 1. The molecular weight excluding hydrogens is 258 g/mol. The Morgan fingerprint density at radius 2 is 1.88 bits per heavy atom. The average molecular weight is 264 g/mol. The zero-order valence-corrected chi connectivity index (χ0v) is 8.68. The van der Waals surface area contributed by atoms with Crippen molar-refractivity contribution < 1.29 is 9.90 Å². The van der Waals surface area contributed by atoms with Crippen LogP contribution in [-0.2, 0) is 4.79 Å². The standard InChI is InChI=1S/C3H6O2.2ClH.Sn/c1-2-3(4)5;;;/h2H2,1H3,(H,4,5);2*1H;/q;;;+2/p-2. The first-order valence-corrected chi connectivity index (χ1v) is 9.09. The van der Waals surface area contributed by atoms with Crippen molar-refractivity contribution in [2.24, 2.45) is 0 Å². The number of carbonyl (C=O) groups is 1. The molecule has 2 nitrogen and oxygen atoms in total. The Labute approximate surface area is 65.8 Å². The van der Waals surface area contributed by atoms with Crippen molar-refractivity contribution in [1.29, 1.82) is 0 Å². The van der Waals surface area contributed by atoms with Gasteiger partial charge in [0.15, 0.2) is 0 Å². The summed E-state index contributed by atoms with van der Waals surface area (Å²) in [4.78, 5) is 9.37. The Balaban J connectivity index is 0. The van der Waals surface area contributed by atoms with E-state index in [9.17, 15) is 4.79 Å². The molecule has 48 valence electrons. The molecule has 0 aromatic rings. The number of carboxylic acids is 1. The molecule has 0 heterocycles. The molecule has 0 saturated heterocycles. The molecule has 0 atom stereocenters. The summed E-state index contributed by atoms with van der Waals surface area (Å²) < 4.78 is 0. The SMILES string of the molecule is CCC(=O)O.[Cl][Sn][Cl]. The maximum absolute atomic E-state index is 9.37. The number of carboxylic acid groups (broad SMARTS) is 1. The summed E-state index contributed by atoms with van der Waals surface area (Å²) in [6.45, 7) is 1.60. The first kappa shape index (κ1) is 11.6. The average Bonchev–Trinajstić information content (AvgIpc) is 1.69. The second-order valence-corrected chi connectivity index (χ2v) is 5.06. The van der Waals surface area contributed by atoms with Crippen LogP contribution in [0.2, 0.25) is 0 Å². The minimum atomic E-state index is -0.826. The van der Waals surface area contributed by atoms with Crippen molar-refractivity contribution in [3.63, 3.8) is 0 Å². The van der Waals surface area contributed by atoms with E-state index in [1.165, 1.54) is 0 Å². The molecule has 0 unspecified atom stereocenters. The van der Waals surface area contributed by atoms with Gasteiger partial charge >= 0.3 is 42.7 Å². The van der Waals surface area contributed by atoms with Crippen LogP contribution >= 0.6 is 17.8 Å². The maximum atomic E-state index is 9.37. The Hall–Kier alpha value is 0.849. The number of aliphatic carboxylic acids is 1. The molecule has 2 radical (unpaired) electrons.